The third kappa shape index (κ3) is 3.71. The van der Waals surface area contributed by atoms with Gasteiger partial charge in [0, 0.05) is 67.3 Å². The Morgan fingerprint density at radius 1 is 1.21 bits per heavy atom. The van der Waals surface area contributed by atoms with E-state index < -0.39 is 0 Å². The standard InChI is InChI=1S/C20H22N6O2/c27-18-11-16(15-12-21-14-22-13-15)19(17-5-1-2-10-26(17)18)20(28)23-6-3-8-25-9-4-7-24-25/h4,7,9,11-14H,1-3,5-6,8,10H2,(H,23,28). The van der Waals surface area contributed by atoms with Crippen LogP contribution < -0.4 is 10.9 Å². The summed E-state index contributed by atoms with van der Waals surface area (Å²) in [5.74, 6) is -0.162. The van der Waals surface area contributed by atoms with Crippen molar-refractivity contribution in [3.05, 3.63) is 64.9 Å². The summed E-state index contributed by atoms with van der Waals surface area (Å²) < 4.78 is 3.57. The van der Waals surface area contributed by atoms with Crippen LogP contribution in [0.25, 0.3) is 11.1 Å². The predicted octanol–water partition coefficient (Wildman–Crippen LogP) is 1.66. The number of fused-ring (bicyclic) bond motifs is 1. The van der Waals surface area contributed by atoms with E-state index in [0.29, 0.717) is 36.2 Å². The van der Waals surface area contributed by atoms with Gasteiger partial charge in [-0.15, -0.1) is 0 Å². The summed E-state index contributed by atoms with van der Waals surface area (Å²) in [6, 6.07) is 3.41. The van der Waals surface area contributed by atoms with Crippen molar-refractivity contribution in [2.24, 2.45) is 0 Å². The van der Waals surface area contributed by atoms with Gasteiger partial charge in [-0.05, 0) is 31.7 Å². The molecule has 0 radical (unpaired) electrons. The van der Waals surface area contributed by atoms with Crippen molar-refractivity contribution in [2.75, 3.05) is 6.54 Å². The second-order valence-electron chi connectivity index (χ2n) is 6.83. The zero-order chi connectivity index (χ0) is 19.3. The lowest BCUT2D eigenvalue weighted by Crippen LogP contribution is -2.33. The SMILES string of the molecule is O=C(NCCCn1cccn1)c1c(-c2cncnc2)cc(=O)n2c1CCCC2. The minimum atomic E-state index is -0.162. The first-order chi connectivity index (χ1) is 13.7. The average Bonchev–Trinajstić information content (AvgIpc) is 3.25. The Morgan fingerprint density at radius 3 is 2.86 bits per heavy atom. The summed E-state index contributed by atoms with van der Waals surface area (Å²) in [6.07, 6.45) is 11.7. The first-order valence-electron chi connectivity index (χ1n) is 9.52. The normalized spacial score (nSPS) is 13.1. The molecule has 1 N–H and O–H groups in total. The Kier molecular flexibility index (Phi) is 5.27. The number of carbonyl (C=O) groups excluding carboxylic acids is 1. The lowest BCUT2D eigenvalue weighted by Gasteiger charge is -2.23. The third-order valence-corrected chi connectivity index (χ3v) is 4.97. The number of hydrogen-bond donors (Lipinski definition) is 1. The number of rotatable bonds is 6. The van der Waals surface area contributed by atoms with Gasteiger partial charge in [-0.25, -0.2) is 9.97 Å². The Morgan fingerprint density at radius 2 is 2.07 bits per heavy atom. The summed E-state index contributed by atoms with van der Waals surface area (Å²) in [4.78, 5) is 33.8. The summed E-state index contributed by atoms with van der Waals surface area (Å²) >= 11 is 0. The Bertz CT molecular complexity index is 1010. The molecule has 4 rings (SSSR count). The molecule has 3 aromatic rings. The highest BCUT2D eigenvalue weighted by atomic mass is 16.2. The molecule has 0 fully saturated rings. The molecule has 0 atom stereocenters. The van der Waals surface area contributed by atoms with Crippen LogP contribution in [-0.4, -0.2) is 36.8 Å². The maximum atomic E-state index is 13.1. The van der Waals surface area contributed by atoms with Crippen LogP contribution in [0.5, 0.6) is 0 Å². The van der Waals surface area contributed by atoms with Crippen LogP contribution in [0.3, 0.4) is 0 Å². The summed E-state index contributed by atoms with van der Waals surface area (Å²) in [5.41, 5.74) is 2.57. The van der Waals surface area contributed by atoms with Crippen molar-refractivity contribution in [3.63, 3.8) is 0 Å². The number of pyridine rings is 1. The molecule has 0 aliphatic carbocycles. The molecule has 0 aromatic carbocycles. The van der Waals surface area contributed by atoms with Gasteiger partial charge in [0.15, 0.2) is 0 Å². The molecule has 1 aliphatic rings. The van der Waals surface area contributed by atoms with Crippen LogP contribution in [0, 0.1) is 0 Å². The van der Waals surface area contributed by atoms with Gasteiger partial charge in [0.1, 0.15) is 6.33 Å². The van der Waals surface area contributed by atoms with Crippen molar-refractivity contribution < 1.29 is 4.79 Å². The maximum Gasteiger partial charge on any atom is 0.253 e. The van der Waals surface area contributed by atoms with Crippen LogP contribution >= 0.6 is 0 Å². The molecule has 0 saturated carbocycles. The van der Waals surface area contributed by atoms with Gasteiger partial charge < -0.3 is 9.88 Å². The number of nitrogens with zero attached hydrogens (tertiary/aromatic N) is 5. The largest absolute Gasteiger partial charge is 0.352 e. The van der Waals surface area contributed by atoms with E-state index in [0.717, 1.165) is 31.5 Å². The van der Waals surface area contributed by atoms with Crippen LogP contribution in [0.4, 0.5) is 0 Å². The molecule has 8 heteroatoms. The molecule has 3 aromatic heterocycles. The molecule has 8 nitrogen and oxygen atoms in total. The van der Waals surface area contributed by atoms with Crippen molar-refractivity contribution in [1.82, 2.24) is 29.6 Å². The molecule has 28 heavy (non-hydrogen) atoms. The van der Waals surface area contributed by atoms with Gasteiger partial charge >= 0.3 is 0 Å². The monoisotopic (exact) mass is 378 g/mol. The van der Waals surface area contributed by atoms with Crippen LogP contribution in [0.15, 0.2) is 48.0 Å². The molecule has 144 valence electrons. The Hall–Kier alpha value is -3.29. The number of hydrogen-bond acceptors (Lipinski definition) is 5. The van der Waals surface area contributed by atoms with Gasteiger partial charge in [0.25, 0.3) is 11.5 Å². The molecule has 0 saturated heterocycles. The molecular weight excluding hydrogens is 356 g/mol. The molecule has 0 spiro atoms. The summed E-state index contributed by atoms with van der Waals surface area (Å²) in [5, 5.41) is 7.17. The fraction of sp³-hybridized carbons (Fsp3) is 0.350. The van der Waals surface area contributed by atoms with E-state index in [2.05, 4.69) is 20.4 Å². The van der Waals surface area contributed by atoms with Gasteiger partial charge in [0.05, 0.1) is 5.56 Å². The summed E-state index contributed by atoms with van der Waals surface area (Å²) in [6.45, 7) is 1.92. The van der Waals surface area contributed by atoms with Crippen LogP contribution in [0.2, 0.25) is 0 Å². The molecule has 1 aliphatic heterocycles. The second kappa shape index (κ2) is 8.16. The van der Waals surface area contributed by atoms with E-state index in [4.69, 9.17) is 0 Å². The number of aromatic nitrogens is 5. The van der Waals surface area contributed by atoms with E-state index in [1.807, 2.05) is 16.9 Å². The number of aryl methyl sites for hydroxylation is 1. The zero-order valence-corrected chi connectivity index (χ0v) is 15.5. The number of carbonyl (C=O) groups is 1. The minimum Gasteiger partial charge on any atom is -0.352 e. The maximum absolute atomic E-state index is 13.1. The molecule has 0 bridgehead atoms. The molecular formula is C20H22N6O2. The number of amides is 1. The fourth-order valence-electron chi connectivity index (χ4n) is 3.65. The van der Waals surface area contributed by atoms with Crippen LogP contribution in [0.1, 0.15) is 35.3 Å². The Balaban J connectivity index is 1.62. The lowest BCUT2D eigenvalue weighted by atomic mass is 9.95. The first kappa shape index (κ1) is 18.1. The smallest absolute Gasteiger partial charge is 0.253 e. The second-order valence-corrected chi connectivity index (χ2v) is 6.83. The molecule has 1 amide bonds. The molecule has 0 unspecified atom stereocenters. The lowest BCUT2D eigenvalue weighted by molar-refractivity contribution is 0.0950. The highest BCUT2D eigenvalue weighted by Gasteiger charge is 2.24. The highest BCUT2D eigenvalue weighted by molar-refractivity contribution is 6.01. The van der Waals surface area contributed by atoms with Gasteiger partial charge in [-0.1, -0.05) is 0 Å². The van der Waals surface area contributed by atoms with Gasteiger partial charge in [-0.3, -0.25) is 14.3 Å². The van der Waals surface area contributed by atoms with Gasteiger partial charge in [0.2, 0.25) is 0 Å². The quantitative estimate of drug-likeness (QED) is 0.658. The third-order valence-electron chi connectivity index (χ3n) is 4.97. The van der Waals surface area contributed by atoms with E-state index in [1.165, 1.54) is 12.4 Å². The van der Waals surface area contributed by atoms with E-state index in [-0.39, 0.29) is 11.5 Å². The van der Waals surface area contributed by atoms with Crippen molar-refractivity contribution in [1.29, 1.82) is 0 Å². The van der Waals surface area contributed by atoms with Crippen molar-refractivity contribution >= 4 is 5.91 Å². The van der Waals surface area contributed by atoms with E-state index in [9.17, 15) is 9.59 Å². The Labute approximate surface area is 162 Å². The highest BCUT2D eigenvalue weighted by Crippen LogP contribution is 2.27. The molecule has 4 heterocycles. The predicted molar refractivity (Wildman–Crippen MR) is 104 cm³/mol. The zero-order valence-electron chi connectivity index (χ0n) is 15.5. The van der Waals surface area contributed by atoms with E-state index >= 15 is 0 Å². The number of nitrogens with one attached hydrogen (secondary N) is 1. The topological polar surface area (TPSA) is 94.7 Å². The van der Waals surface area contributed by atoms with E-state index in [1.54, 1.807) is 23.2 Å². The van der Waals surface area contributed by atoms with Gasteiger partial charge in [-0.2, -0.15) is 5.10 Å². The minimum absolute atomic E-state index is 0.0798. The average molecular weight is 378 g/mol. The van der Waals surface area contributed by atoms with Crippen molar-refractivity contribution in [2.45, 2.75) is 38.8 Å². The first-order valence-corrected chi connectivity index (χ1v) is 9.52. The van der Waals surface area contributed by atoms with Crippen LogP contribution in [-0.2, 0) is 19.5 Å². The summed E-state index contributed by atoms with van der Waals surface area (Å²) in [7, 11) is 0. The van der Waals surface area contributed by atoms with Crippen molar-refractivity contribution in [3.8, 4) is 11.1 Å². The fourth-order valence-corrected chi connectivity index (χ4v) is 3.65.